The third-order valence-corrected chi connectivity index (χ3v) is 4.00. The molecule has 2 aromatic carbocycles. The van der Waals surface area contributed by atoms with Crippen molar-refractivity contribution < 1.29 is 13.2 Å². The fourth-order valence-corrected chi connectivity index (χ4v) is 2.75. The van der Waals surface area contributed by atoms with Crippen molar-refractivity contribution in [3.63, 3.8) is 0 Å². The number of benzene rings is 2. The van der Waals surface area contributed by atoms with Gasteiger partial charge in [-0.3, -0.25) is 0 Å². The monoisotopic (exact) mass is 317 g/mol. The van der Waals surface area contributed by atoms with Gasteiger partial charge in [0.25, 0.3) is 0 Å². The zero-order valence-corrected chi connectivity index (χ0v) is 11.8. The summed E-state index contributed by atoms with van der Waals surface area (Å²) in [4.78, 5) is 1.29. The van der Waals surface area contributed by atoms with Crippen LogP contribution < -0.4 is 5.73 Å². The van der Waals surface area contributed by atoms with Crippen LogP contribution >= 0.6 is 23.4 Å². The van der Waals surface area contributed by atoms with E-state index in [1.54, 1.807) is 42.5 Å². The van der Waals surface area contributed by atoms with E-state index in [4.69, 9.17) is 17.3 Å². The number of hydrogen-bond donors (Lipinski definition) is 1. The van der Waals surface area contributed by atoms with E-state index in [-0.39, 0.29) is 5.56 Å². The number of hydrogen-bond acceptors (Lipinski definition) is 2. The summed E-state index contributed by atoms with van der Waals surface area (Å²) in [6.45, 7) is 0. The summed E-state index contributed by atoms with van der Waals surface area (Å²) in [5.41, 5.74) is 5.36. The Labute approximate surface area is 123 Å². The zero-order chi connectivity index (χ0) is 14.8. The molecule has 0 aromatic heterocycles. The first-order chi connectivity index (χ1) is 9.38. The van der Waals surface area contributed by atoms with Gasteiger partial charge in [0.05, 0.1) is 0 Å². The largest absolute Gasteiger partial charge is 0.407 e. The molecule has 0 bridgehead atoms. The van der Waals surface area contributed by atoms with Gasteiger partial charge in [-0.05, 0) is 35.9 Å². The molecule has 1 nitrogen and oxygen atoms in total. The van der Waals surface area contributed by atoms with Gasteiger partial charge in [-0.2, -0.15) is 13.2 Å². The van der Waals surface area contributed by atoms with Crippen LogP contribution in [0.5, 0.6) is 0 Å². The lowest BCUT2D eigenvalue weighted by Crippen LogP contribution is -2.28. The average molecular weight is 318 g/mol. The lowest BCUT2D eigenvalue weighted by Gasteiger charge is -2.18. The summed E-state index contributed by atoms with van der Waals surface area (Å²) in [6, 6.07) is 11.2. The molecular formula is C14H11ClF3NS. The quantitative estimate of drug-likeness (QED) is 0.857. The van der Waals surface area contributed by atoms with E-state index in [9.17, 15) is 13.2 Å². The topological polar surface area (TPSA) is 26.0 Å². The molecule has 0 fully saturated rings. The van der Waals surface area contributed by atoms with Crippen molar-refractivity contribution in [1.29, 1.82) is 0 Å². The van der Waals surface area contributed by atoms with Crippen LogP contribution in [0.4, 0.5) is 13.2 Å². The number of alkyl halides is 3. The van der Waals surface area contributed by atoms with Gasteiger partial charge in [-0.25, -0.2) is 0 Å². The maximum atomic E-state index is 12.8. The summed E-state index contributed by atoms with van der Waals surface area (Å²) >= 11 is 7.01. The maximum absolute atomic E-state index is 12.8. The molecule has 1 atom stereocenters. The van der Waals surface area contributed by atoms with Gasteiger partial charge in [-0.15, -0.1) is 0 Å². The smallest absolute Gasteiger partial charge is 0.316 e. The second kappa shape index (κ2) is 6.08. The summed E-state index contributed by atoms with van der Waals surface area (Å²) in [7, 11) is 0. The van der Waals surface area contributed by atoms with Gasteiger partial charge in [-0.1, -0.05) is 41.6 Å². The minimum absolute atomic E-state index is 0.0694. The Morgan fingerprint density at radius 1 is 1.00 bits per heavy atom. The average Bonchev–Trinajstić information content (AvgIpc) is 2.40. The number of halogens is 4. The van der Waals surface area contributed by atoms with Crippen LogP contribution in [-0.2, 0) is 0 Å². The van der Waals surface area contributed by atoms with Crippen LogP contribution in [-0.4, -0.2) is 6.18 Å². The van der Waals surface area contributed by atoms with E-state index < -0.39 is 12.2 Å². The molecule has 2 aromatic rings. The molecule has 6 heteroatoms. The Kier molecular flexibility index (Phi) is 4.62. The summed E-state index contributed by atoms with van der Waals surface area (Å²) in [5.74, 6) is 0. The van der Waals surface area contributed by atoms with Gasteiger partial charge >= 0.3 is 6.18 Å². The molecule has 0 radical (unpaired) electrons. The van der Waals surface area contributed by atoms with Gasteiger partial charge < -0.3 is 5.73 Å². The van der Waals surface area contributed by atoms with Crippen LogP contribution in [0.3, 0.4) is 0 Å². The Bertz CT molecular complexity index is 584. The normalized spacial score (nSPS) is 13.2. The van der Waals surface area contributed by atoms with Crippen LogP contribution in [0.1, 0.15) is 11.6 Å². The predicted molar refractivity (Wildman–Crippen MR) is 75.0 cm³/mol. The van der Waals surface area contributed by atoms with Crippen molar-refractivity contribution in [3.8, 4) is 0 Å². The maximum Gasteiger partial charge on any atom is 0.407 e. The lowest BCUT2D eigenvalue weighted by atomic mass is 10.1. The van der Waals surface area contributed by atoms with E-state index >= 15 is 0 Å². The van der Waals surface area contributed by atoms with E-state index in [1.165, 1.54) is 17.8 Å². The molecule has 106 valence electrons. The van der Waals surface area contributed by atoms with Crippen molar-refractivity contribution in [2.24, 2.45) is 5.73 Å². The van der Waals surface area contributed by atoms with Crippen LogP contribution in [0.15, 0.2) is 58.3 Å². The molecule has 0 unspecified atom stereocenters. The molecule has 0 saturated carbocycles. The Hall–Kier alpha value is -1.17. The highest BCUT2D eigenvalue weighted by Crippen LogP contribution is 2.38. The van der Waals surface area contributed by atoms with Gasteiger partial charge in [0.1, 0.15) is 6.04 Å². The molecule has 2 N–H and O–H groups in total. The van der Waals surface area contributed by atoms with Gasteiger partial charge in [0, 0.05) is 14.8 Å². The zero-order valence-electron chi connectivity index (χ0n) is 10.2. The third-order valence-electron chi connectivity index (χ3n) is 2.65. The molecule has 0 heterocycles. The van der Waals surface area contributed by atoms with E-state index in [1.807, 2.05) is 0 Å². The molecule has 2 rings (SSSR count). The highest BCUT2D eigenvalue weighted by molar-refractivity contribution is 7.99. The minimum Gasteiger partial charge on any atom is -0.316 e. The van der Waals surface area contributed by atoms with Gasteiger partial charge in [0.15, 0.2) is 0 Å². The highest BCUT2D eigenvalue weighted by Gasteiger charge is 2.38. The summed E-state index contributed by atoms with van der Waals surface area (Å²) in [5, 5.41) is 0.578. The van der Waals surface area contributed by atoms with Crippen LogP contribution in [0.25, 0.3) is 0 Å². The molecule has 20 heavy (non-hydrogen) atoms. The second-order valence-electron chi connectivity index (χ2n) is 4.11. The van der Waals surface area contributed by atoms with Crippen molar-refractivity contribution >= 4 is 23.4 Å². The highest BCUT2D eigenvalue weighted by atomic mass is 35.5. The first-order valence-corrected chi connectivity index (χ1v) is 6.92. The summed E-state index contributed by atoms with van der Waals surface area (Å²) < 4.78 is 38.3. The molecule has 0 aliphatic heterocycles. The van der Waals surface area contributed by atoms with Crippen molar-refractivity contribution in [1.82, 2.24) is 0 Å². The Morgan fingerprint density at radius 3 is 2.20 bits per heavy atom. The summed E-state index contributed by atoms with van der Waals surface area (Å²) in [6.07, 6.45) is -4.46. The fraction of sp³-hybridized carbons (Fsp3) is 0.143. The molecule has 0 saturated heterocycles. The molecule has 0 spiro atoms. The fourth-order valence-electron chi connectivity index (χ4n) is 1.64. The molecule has 0 aliphatic rings. The first kappa shape index (κ1) is 15.2. The first-order valence-electron chi connectivity index (χ1n) is 5.72. The Balaban J connectivity index is 2.31. The molecule has 0 amide bonds. The van der Waals surface area contributed by atoms with Crippen molar-refractivity contribution in [2.45, 2.75) is 22.0 Å². The number of rotatable bonds is 3. The van der Waals surface area contributed by atoms with E-state index in [2.05, 4.69) is 0 Å². The second-order valence-corrected chi connectivity index (χ2v) is 5.66. The van der Waals surface area contributed by atoms with E-state index in [0.29, 0.717) is 9.92 Å². The van der Waals surface area contributed by atoms with Crippen molar-refractivity contribution in [3.05, 3.63) is 59.1 Å². The van der Waals surface area contributed by atoms with Crippen LogP contribution in [0, 0.1) is 0 Å². The van der Waals surface area contributed by atoms with Gasteiger partial charge in [0.2, 0.25) is 0 Å². The lowest BCUT2D eigenvalue weighted by molar-refractivity contribution is -0.149. The molecule has 0 aliphatic carbocycles. The minimum atomic E-state index is -4.46. The third kappa shape index (κ3) is 3.69. The number of nitrogens with two attached hydrogens (primary N) is 1. The van der Waals surface area contributed by atoms with Crippen molar-refractivity contribution in [2.75, 3.05) is 0 Å². The van der Waals surface area contributed by atoms with Crippen LogP contribution in [0.2, 0.25) is 5.02 Å². The molecular weight excluding hydrogens is 307 g/mol. The standard InChI is InChI=1S/C14H11ClF3NS/c15-9-5-7-10(8-6-9)20-12-4-2-1-3-11(12)13(19)14(16,17)18/h1-8,13H,19H2/t13-/m0/s1. The predicted octanol–water partition coefficient (Wildman–Crippen LogP) is 5.05. The van der Waals surface area contributed by atoms with E-state index in [0.717, 1.165) is 4.90 Å². The SMILES string of the molecule is N[C@@H](c1ccccc1Sc1ccc(Cl)cc1)C(F)(F)F. The Morgan fingerprint density at radius 2 is 1.60 bits per heavy atom.